The van der Waals surface area contributed by atoms with E-state index >= 15 is 0 Å². The molecule has 0 saturated heterocycles. The Morgan fingerprint density at radius 1 is 0.684 bits per heavy atom. The number of ether oxygens (including phenoxy) is 1. The van der Waals surface area contributed by atoms with Crippen LogP contribution in [0.2, 0.25) is 0 Å². The van der Waals surface area contributed by atoms with Crippen LogP contribution in [0.1, 0.15) is 0 Å². The van der Waals surface area contributed by atoms with Crippen molar-refractivity contribution in [3.05, 3.63) is 57.5 Å². The van der Waals surface area contributed by atoms with E-state index in [4.69, 9.17) is 4.74 Å². The number of hydrogen-bond donors (Lipinski definition) is 0. The topological polar surface area (TPSA) is 9.23 Å². The maximum Gasteiger partial charge on any atom is 0.0978 e. The Morgan fingerprint density at radius 3 is 1.42 bits per heavy atom. The number of thioether (sulfide) groups is 2. The lowest BCUT2D eigenvalue weighted by Gasteiger charge is -2.04. The molecule has 5 heteroatoms. The van der Waals surface area contributed by atoms with Gasteiger partial charge < -0.3 is 4.74 Å². The molecular weight excluding hydrogens is 408 g/mol. The van der Waals surface area contributed by atoms with E-state index in [9.17, 15) is 0 Å². The highest BCUT2D eigenvalue weighted by Crippen LogP contribution is 2.23. The van der Waals surface area contributed by atoms with Crippen molar-refractivity contribution < 1.29 is 4.74 Å². The van der Waals surface area contributed by atoms with E-state index in [2.05, 4.69) is 56.1 Å². The van der Waals surface area contributed by atoms with Crippen LogP contribution >= 0.6 is 55.4 Å². The van der Waals surface area contributed by atoms with Crippen LogP contribution in [0.15, 0.2) is 67.3 Å². The molecule has 0 atom stereocenters. The number of hydrogen-bond acceptors (Lipinski definition) is 3. The summed E-state index contributed by atoms with van der Waals surface area (Å²) < 4.78 is 7.81. The third-order valence-corrected chi connectivity index (χ3v) is 5.08. The lowest BCUT2D eigenvalue weighted by molar-refractivity contribution is 0.240. The van der Waals surface area contributed by atoms with E-state index in [-0.39, 0.29) is 0 Å². The summed E-state index contributed by atoms with van der Waals surface area (Å²) in [5, 5.41) is 0. The first-order chi connectivity index (χ1) is 9.24. The summed E-state index contributed by atoms with van der Waals surface area (Å²) in [6.07, 6.45) is 0. The standard InChI is InChI=1S/C14H12Br2OS2/c15-11-1-5-13(6-2-11)18-9-17-10-19-14-7-3-12(16)4-8-14/h1-8H,9-10H2. The minimum absolute atomic E-state index is 0.672. The predicted octanol–water partition coefficient (Wildman–Crippen LogP) is 6.03. The first-order valence-corrected chi connectivity index (χ1v) is 9.14. The predicted molar refractivity (Wildman–Crippen MR) is 90.8 cm³/mol. The molecule has 0 fully saturated rings. The summed E-state index contributed by atoms with van der Waals surface area (Å²) in [6, 6.07) is 16.5. The van der Waals surface area contributed by atoms with E-state index in [1.165, 1.54) is 9.79 Å². The molecule has 0 aliphatic heterocycles. The van der Waals surface area contributed by atoms with Crippen molar-refractivity contribution in [3.63, 3.8) is 0 Å². The van der Waals surface area contributed by atoms with Crippen LogP contribution < -0.4 is 0 Å². The summed E-state index contributed by atoms with van der Waals surface area (Å²) in [6.45, 7) is 0. The molecule has 0 aliphatic rings. The number of rotatable bonds is 6. The molecule has 2 aromatic carbocycles. The molecule has 0 N–H and O–H groups in total. The van der Waals surface area contributed by atoms with Crippen LogP contribution in [-0.4, -0.2) is 11.9 Å². The lowest BCUT2D eigenvalue weighted by Crippen LogP contribution is -1.89. The highest BCUT2D eigenvalue weighted by molar-refractivity contribution is 9.10. The Bertz CT molecular complexity index is 452. The normalized spacial score (nSPS) is 10.6. The maximum absolute atomic E-state index is 5.60. The van der Waals surface area contributed by atoms with Crippen LogP contribution in [0, 0.1) is 0 Å². The van der Waals surface area contributed by atoms with Crippen LogP contribution in [-0.2, 0) is 4.74 Å². The van der Waals surface area contributed by atoms with E-state index < -0.39 is 0 Å². The summed E-state index contributed by atoms with van der Waals surface area (Å²) in [4.78, 5) is 2.44. The highest BCUT2D eigenvalue weighted by atomic mass is 79.9. The summed E-state index contributed by atoms with van der Waals surface area (Å²) in [5.74, 6) is 1.34. The van der Waals surface area contributed by atoms with E-state index in [1.54, 1.807) is 23.5 Å². The van der Waals surface area contributed by atoms with Gasteiger partial charge in [0.25, 0.3) is 0 Å². The van der Waals surface area contributed by atoms with Crippen LogP contribution in [0.4, 0.5) is 0 Å². The third-order valence-electron chi connectivity index (χ3n) is 2.25. The van der Waals surface area contributed by atoms with Gasteiger partial charge in [0.2, 0.25) is 0 Å². The van der Waals surface area contributed by atoms with Gasteiger partial charge in [-0.05, 0) is 48.5 Å². The molecule has 1 nitrogen and oxygen atoms in total. The van der Waals surface area contributed by atoms with Gasteiger partial charge in [0.1, 0.15) is 0 Å². The van der Waals surface area contributed by atoms with Crippen molar-refractivity contribution >= 4 is 55.4 Å². The molecular formula is C14H12Br2OS2. The number of benzene rings is 2. The molecule has 0 aromatic heterocycles. The zero-order valence-corrected chi connectivity index (χ0v) is 14.8. The fourth-order valence-electron chi connectivity index (χ4n) is 1.32. The van der Waals surface area contributed by atoms with Gasteiger partial charge in [-0.2, -0.15) is 0 Å². The van der Waals surface area contributed by atoms with Crippen molar-refractivity contribution in [2.24, 2.45) is 0 Å². The Kier molecular flexibility index (Phi) is 6.81. The Morgan fingerprint density at radius 2 is 1.05 bits per heavy atom. The van der Waals surface area contributed by atoms with E-state index in [1.807, 2.05) is 24.3 Å². The SMILES string of the molecule is Brc1ccc(SCOCSc2ccc(Br)cc2)cc1. The summed E-state index contributed by atoms with van der Waals surface area (Å²) >= 11 is 10.3. The molecule has 0 radical (unpaired) electrons. The molecule has 0 bridgehead atoms. The largest absolute Gasteiger partial charge is 0.360 e. The van der Waals surface area contributed by atoms with Crippen molar-refractivity contribution in [2.75, 3.05) is 11.9 Å². The van der Waals surface area contributed by atoms with Gasteiger partial charge in [-0.3, -0.25) is 0 Å². The Hall–Kier alpha value is 0.0600. The third kappa shape index (κ3) is 5.92. The highest BCUT2D eigenvalue weighted by Gasteiger charge is 1.96. The number of halogens is 2. The molecule has 0 amide bonds. The fourth-order valence-corrected chi connectivity index (χ4v) is 3.21. The fraction of sp³-hybridized carbons (Fsp3) is 0.143. The van der Waals surface area contributed by atoms with Gasteiger partial charge in [0.15, 0.2) is 0 Å². The molecule has 0 heterocycles. The van der Waals surface area contributed by atoms with Crippen molar-refractivity contribution in [1.82, 2.24) is 0 Å². The molecule has 100 valence electrons. The average molecular weight is 420 g/mol. The van der Waals surface area contributed by atoms with Crippen LogP contribution in [0.25, 0.3) is 0 Å². The Balaban J connectivity index is 1.64. The smallest absolute Gasteiger partial charge is 0.0978 e. The molecule has 0 spiro atoms. The molecule has 2 aromatic rings. The molecule has 0 saturated carbocycles. The van der Waals surface area contributed by atoms with Crippen molar-refractivity contribution in [2.45, 2.75) is 9.79 Å². The monoisotopic (exact) mass is 418 g/mol. The van der Waals surface area contributed by atoms with E-state index in [0.717, 1.165) is 8.95 Å². The van der Waals surface area contributed by atoms with E-state index in [0.29, 0.717) is 11.9 Å². The zero-order valence-electron chi connectivity index (χ0n) is 10.0. The van der Waals surface area contributed by atoms with Gasteiger partial charge in [-0.15, -0.1) is 0 Å². The average Bonchev–Trinajstić information content (AvgIpc) is 2.43. The van der Waals surface area contributed by atoms with Gasteiger partial charge in [0, 0.05) is 18.7 Å². The van der Waals surface area contributed by atoms with Gasteiger partial charge >= 0.3 is 0 Å². The second kappa shape index (κ2) is 8.37. The molecule has 0 unspecified atom stereocenters. The second-order valence-electron chi connectivity index (χ2n) is 3.64. The summed E-state index contributed by atoms with van der Waals surface area (Å²) in [7, 11) is 0. The van der Waals surface area contributed by atoms with Crippen LogP contribution in [0.5, 0.6) is 0 Å². The minimum atomic E-state index is 0.672. The second-order valence-corrected chi connectivity index (χ2v) is 7.46. The molecule has 2 rings (SSSR count). The van der Waals surface area contributed by atoms with Crippen molar-refractivity contribution in [1.29, 1.82) is 0 Å². The van der Waals surface area contributed by atoms with Crippen LogP contribution in [0.3, 0.4) is 0 Å². The lowest BCUT2D eigenvalue weighted by atomic mass is 10.4. The van der Waals surface area contributed by atoms with Gasteiger partial charge in [0.05, 0.1) is 11.9 Å². The first kappa shape index (κ1) is 15.4. The quantitative estimate of drug-likeness (QED) is 0.321. The van der Waals surface area contributed by atoms with Gasteiger partial charge in [-0.1, -0.05) is 55.4 Å². The van der Waals surface area contributed by atoms with Crippen molar-refractivity contribution in [3.8, 4) is 0 Å². The first-order valence-electron chi connectivity index (χ1n) is 5.58. The Labute approximate surface area is 138 Å². The minimum Gasteiger partial charge on any atom is -0.360 e. The molecule has 0 aliphatic carbocycles. The molecule has 19 heavy (non-hydrogen) atoms. The summed E-state index contributed by atoms with van der Waals surface area (Å²) in [5.41, 5.74) is 0. The van der Waals surface area contributed by atoms with Gasteiger partial charge in [-0.25, -0.2) is 0 Å². The maximum atomic E-state index is 5.60. The zero-order chi connectivity index (χ0) is 13.5.